The standard InChI is InChI=1S/C20H23F3N2O/c21-20(22,23)19(26)25-14-6-11-17-9-4-12-18(15-17)24-13-5-10-16-7-2-1-3-8-16/h1-4,7-9,12,15,24H,5-6,10-11,13-14H2,(H,25,26). The number of hydrogen-bond donors (Lipinski definition) is 2. The summed E-state index contributed by atoms with van der Waals surface area (Å²) in [6.45, 7) is 0.854. The van der Waals surface area contributed by atoms with Crippen LogP contribution in [-0.4, -0.2) is 25.2 Å². The minimum absolute atomic E-state index is 0.00702. The summed E-state index contributed by atoms with van der Waals surface area (Å²) in [6, 6.07) is 18.1. The first-order valence-corrected chi connectivity index (χ1v) is 8.67. The lowest BCUT2D eigenvalue weighted by molar-refractivity contribution is -0.173. The first kappa shape index (κ1) is 19.8. The highest BCUT2D eigenvalue weighted by Crippen LogP contribution is 2.15. The van der Waals surface area contributed by atoms with Gasteiger partial charge < -0.3 is 10.6 Å². The molecule has 2 rings (SSSR count). The summed E-state index contributed by atoms with van der Waals surface area (Å²) in [5, 5.41) is 5.25. The zero-order chi connectivity index (χ0) is 18.8. The van der Waals surface area contributed by atoms with E-state index in [2.05, 4.69) is 17.4 Å². The summed E-state index contributed by atoms with van der Waals surface area (Å²) in [4.78, 5) is 10.7. The summed E-state index contributed by atoms with van der Waals surface area (Å²) in [6.07, 6.45) is -1.73. The lowest BCUT2D eigenvalue weighted by atomic mass is 10.1. The Morgan fingerprint density at radius 3 is 2.23 bits per heavy atom. The molecule has 140 valence electrons. The molecule has 26 heavy (non-hydrogen) atoms. The van der Waals surface area contributed by atoms with Crippen LogP contribution in [0.5, 0.6) is 0 Å². The molecule has 2 aromatic carbocycles. The second-order valence-electron chi connectivity index (χ2n) is 6.07. The van der Waals surface area contributed by atoms with E-state index in [1.54, 1.807) is 0 Å². The van der Waals surface area contributed by atoms with Crippen molar-refractivity contribution in [2.45, 2.75) is 31.9 Å². The fourth-order valence-corrected chi connectivity index (χ4v) is 2.60. The summed E-state index contributed by atoms with van der Waals surface area (Å²) < 4.78 is 36.3. The second-order valence-corrected chi connectivity index (χ2v) is 6.07. The maximum Gasteiger partial charge on any atom is 0.471 e. The smallest absolute Gasteiger partial charge is 0.385 e. The van der Waals surface area contributed by atoms with Crippen LogP contribution in [0.15, 0.2) is 54.6 Å². The van der Waals surface area contributed by atoms with Crippen molar-refractivity contribution in [3.63, 3.8) is 0 Å². The fraction of sp³-hybridized carbons (Fsp3) is 0.350. The fourth-order valence-electron chi connectivity index (χ4n) is 2.60. The third-order valence-corrected chi connectivity index (χ3v) is 3.93. The quantitative estimate of drug-likeness (QED) is 0.650. The van der Waals surface area contributed by atoms with Gasteiger partial charge in [-0.25, -0.2) is 0 Å². The maximum absolute atomic E-state index is 12.1. The molecule has 0 atom stereocenters. The molecular formula is C20H23F3N2O. The number of carbonyl (C=O) groups is 1. The van der Waals surface area contributed by atoms with E-state index in [1.807, 2.05) is 47.8 Å². The number of alkyl halides is 3. The minimum atomic E-state index is -4.82. The summed E-state index contributed by atoms with van der Waals surface area (Å²) >= 11 is 0. The van der Waals surface area contributed by atoms with Crippen LogP contribution < -0.4 is 10.6 Å². The van der Waals surface area contributed by atoms with Crippen molar-refractivity contribution < 1.29 is 18.0 Å². The highest BCUT2D eigenvalue weighted by Gasteiger charge is 2.38. The Kier molecular flexibility index (Phi) is 7.51. The average molecular weight is 364 g/mol. The zero-order valence-electron chi connectivity index (χ0n) is 14.5. The van der Waals surface area contributed by atoms with Crippen LogP contribution in [0.1, 0.15) is 24.0 Å². The summed E-state index contributed by atoms with van der Waals surface area (Å²) in [7, 11) is 0. The van der Waals surface area contributed by atoms with Gasteiger partial charge in [-0.1, -0.05) is 42.5 Å². The van der Waals surface area contributed by atoms with Gasteiger partial charge in [0.25, 0.3) is 0 Å². The molecule has 0 aliphatic rings. The molecule has 0 radical (unpaired) electrons. The first-order chi connectivity index (χ1) is 12.4. The molecule has 0 aromatic heterocycles. The van der Waals surface area contributed by atoms with Crippen molar-refractivity contribution in [3.05, 3.63) is 65.7 Å². The molecule has 0 bridgehead atoms. The SMILES string of the molecule is O=C(NCCCc1cccc(NCCCc2ccccc2)c1)C(F)(F)F. The molecule has 0 fully saturated rings. The van der Waals surface area contributed by atoms with E-state index in [0.717, 1.165) is 30.6 Å². The Morgan fingerprint density at radius 2 is 1.50 bits per heavy atom. The second kappa shape index (κ2) is 9.85. The number of amides is 1. The van der Waals surface area contributed by atoms with Gasteiger partial charge >= 0.3 is 12.1 Å². The molecule has 0 aliphatic carbocycles. The molecule has 0 heterocycles. The molecule has 0 saturated carbocycles. The normalized spacial score (nSPS) is 11.2. The molecule has 0 saturated heterocycles. The van der Waals surface area contributed by atoms with E-state index < -0.39 is 12.1 Å². The topological polar surface area (TPSA) is 41.1 Å². The molecule has 2 N–H and O–H groups in total. The molecule has 2 aromatic rings. The third-order valence-electron chi connectivity index (χ3n) is 3.93. The van der Waals surface area contributed by atoms with Crippen LogP contribution in [-0.2, 0) is 17.6 Å². The van der Waals surface area contributed by atoms with Gasteiger partial charge in [0.1, 0.15) is 0 Å². The van der Waals surface area contributed by atoms with E-state index in [9.17, 15) is 18.0 Å². The van der Waals surface area contributed by atoms with Crippen LogP contribution in [0.3, 0.4) is 0 Å². The van der Waals surface area contributed by atoms with Gasteiger partial charge in [0.05, 0.1) is 0 Å². The molecule has 0 aliphatic heterocycles. The van der Waals surface area contributed by atoms with Crippen LogP contribution >= 0.6 is 0 Å². The van der Waals surface area contributed by atoms with Gasteiger partial charge in [-0.2, -0.15) is 13.2 Å². The van der Waals surface area contributed by atoms with Crippen molar-refractivity contribution in [2.24, 2.45) is 0 Å². The number of rotatable bonds is 9. The van der Waals surface area contributed by atoms with E-state index >= 15 is 0 Å². The first-order valence-electron chi connectivity index (χ1n) is 8.67. The third kappa shape index (κ3) is 7.17. The summed E-state index contributed by atoms with van der Waals surface area (Å²) in [5.74, 6) is -1.88. The summed E-state index contributed by atoms with van der Waals surface area (Å²) in [5.41, 5.74) is 3.33. The number of halogens is 3. The Balaban J connectivity index is 1.68. The van der Waals surface area contributed by atoms with Crippen LogP contribution in [0.4, 0.5) is 18.9 Å². The van der Waals surface area contributed by atoms with Crippen molar-refractivity contribution in [1.82, 2.24) is 5.32 Å². The van der Waals surface area contributed by atoms with Gasteiger partial charge in [0.15, 0.2) is 0 Å². The van der Waals surface area contributed by atoms with E-state index in [4.69, 9.17) is 0 Å². The van der Waals surface area contributed by atoms with Crippen molar-refractivity contribution in [1.29, 1.82) is 0 Å². The van der Waals surface area contributed by atoms with E-state index in [0.29, 0.717) is 12.8 Å². The van der Waals surface area contributed by atoms with E-state index in [1.165, 1.54) is 5.56 Å². The molecule has 1 amide bonds. The van der Waals surface area contributed by atoms with Crippen LogP contribution in [0, 0.1) is 0 Å². The zero-order valence-corrected chi connectivity index (χ0v) is 14.5. The molecule has 0 unspecified atom stereocenters. The van der Waals surface area contributed by atoms with E-state index in [-0.39, 0.29) is 6.54 Å². The maximum atomic E-state index is 12.1. The Hall–Kier alpha value is -2.50. The number of benzene rings is 2. The van der Waals surface area contributed by atoms with Gasteiger partial charge in [-0.3, -0.25) is 4.79 Å². The molecule has 3 nitrogen and oxygen atoms in total. The number of aryl methyl sites for hydroxylation is 2. The Bertz CT molecular complexity index is 687. The Labute approximate surface area is 151 Å². The molecule has 6 heteroatoms. The minimum Gasteiger partial charge on any atom is -0.385 e. The van der Waals surface area contributed by atoms with Crippen molar-refractivity contribution in [2.75, 3.05) is 18.4 Å². The van der Waals surface area contributed by atoms with Crippen LogP contribution in [0.25, 0.3) is 0 Å². The number of hydrogen-bond acceptors (Lipinski definition) is 2. The number of nitrogens with one attached hydrogen (secondary N) is 2. The lowest BCUT2D eigenvalue weighted by Gasteiger charge is -2.10. The highest BCUT2D eigenvalue weighted by molar-refractivity contribution is 5.81. The largest absolute Gasteiger partial charge is 0.471 e. The lowest BCUT2D eigenvalue weighted by Crippen LogP contribution is -2.37. The monoisotopic (exact) mass is 364 g/mol. The number of carbonyl (C=O) groups excluding carboxylic acids is 1. The van der Waals surface area contributed by atoms with Gasteiger partial charge in [0.2, 0.25) is 0 Å². The van der Waals surface area contributed by atoms with Crippen LogP contribution in [0.2, 0.25) is 0 Å². The highest BCUT2D eigenvalue weighted by atomic mass is 19.4. The molecule has 0 spiro atoms. The average Bonchev–Trinajstić information content (AvgIpc) is 2.63. The molecular weight excluding hydrogens is 341 g/mol. The van der Waals surface area contributed by atoms with Gasteiger partial charge in [-0.05, 0) is 48.9 Å². The van der Waals surface area contributed by atoms with Gasteiger partial charge in [-0.15, -0.1) is 0 Å². The predicted octanol–water partition coefficient (Wildman–Crippen LogP) is 4.34. The predicted molar refractivity (Wildman–Crippen MR) is 97.1 cm³/mol. The number of anilines is 1. The van der Waals surface area contributed by atoms with Gasteiger partial charge in [0, 0.05) is 18.8 Å². The van der Waals surface area contributed by atoms with Crippen molar-refractivity contribution >= 4 is 11.6 Å². The van der Waals surface area contributed by atoms with Crippen molar-refractivity contribution in [3.8, 4) is 0 Å². The Morgan fingerprint density at radius 1 is 0.846 bits per heavy atom.